The smallest absolute Gasteiger partial charge is 0.161 e. The number of hydrogen-bond donors (Lipinski definition) is 1. The van der Waals surface area contributed by atoms with Gasteiger partial charge in [-0.05, 0) is 49.4 Å². The molecule has 1 aromatic carbocycles. The Kier molecular flexibility index (Phi) is 6.33. The first-order valence-electron chi connectivity index (χ1n) is 7.81. The van der Waals surface area contributed by atoms with E-state index in [0.717, 1.165) is 56.4 Å². The summed E-state index contributed by atoms with van der Waals surface area (Å²) >= 11 is 0. The van der Waals surface area contributed by atoms with Crippen LogP contribution in [0.5, 0.6) is 11.5 Å². The zero-order chi connectivity index (χ0) is 15.1. The fourth-order valence-corrected chi connectivity index (χ4v) is 2.83. The Bertz CT molecular complexity index is 430. The largest absolute Gasteiger partial charge is 0.493 e. The van der Waals surface area contributed by atoms with Crippen LogP contribution in [0.25, 0.3) is 0 Å². The monoisotopic (exact) mass is 293 g/mol. The maximum Gasteiger partial charge on any atom is 0.161 e. The van der Waals surface area contributed by atoms with Crippen LogP contribution in [-0.2, 0) is 4.74 Å². The van der Waals surface area contributed by atoms with E-state index in [2.05, 4.69) is 24.4 Å². The van der Waals surface area contributed by atoms with Gasteiger partial charge in [0.05, 0.1) is 14.2 Å². The average molecular weight is 293 g/mol. The minimum atomic E-state index is 0.354. The quantitative estimate of drug-likeness (QED) is 0.838. The number of rotatable bonds is 7. The molecule has 21 heavy (non-hydrogen) atoms. The first kappa shape index (κ1) is 16.1. The number of hydrogen-bond acceptors (Lipinski definition) is 4. The predicted octanol–water partition coefficient (Wildman–Crippen LogP) is 3.17. The van der Waals surface area contributed by atoms with Crippen molar-refractivity contribution in [2.24, 2.45) is 5.92 Å². The third kappa shape index (κ3) is 4.35. The Morgan fingerprint density at radius 2 is 1.90 bits per heavy atom. The van der Waals surface area contributed by atoms with Gasteiger partial charge in [-0.3, -0.25) is 0 Å². The number of methoxy groups -OCH3 is 2. The Balaban J connectivity index is 1.99. The second kappa shape index (κ2) is 8.25. The predicted molar refractivity (Wildman–Crippen MR) is 84.1 cm³/mol. The van der Waals surface area contributed by atoms with Gasteiger partial charge in [0.1, 0.15) is 0 Å². The van der Waals surface area contributed by atoms with E-state index < -0.39 is 0 Å². The molecule has 1 saturated heterocycles. The van der Waals surface area contributed by atoms with Gasteiger partial charge in [0.25, 0.3) is 0 Å². The van der Waals surface area contributed by atoms with Crippen molar-refractivity contribution in [1.82, 2.24) is 5.32 Å². The molecule has 0 aromatic heterocycles. The van der Waals surface area contributed by atoms with Crippen LogP contribution in [-0.4, -0.2) is 34.0 Å². The summed E-state index contributed by atoms with van der Waals surface area (Å²) in [5.41, 5.74) is 1.25. The minimum absolute atomic E-state index is 0.354. The summed E-state index contributed by atoms with van der Waals surface area (Å²) in [4.78, 5) is 0. The van der Waals surface area contributed by atoms with Gasteiger partial charge < -0.3 is 19.5 Å². The molecular weight excluding hydrogens is 266 g/mol. The molecule has 1 N–H and O–H groups in total. The van der Waals surface area contributed by atoms with E-state index in [4.69, 9.17) is 14.2 Å². The summed E-state index contributed by atoms with van der Waals surface area (Å²) in [6.45, 7) is 5.06. The zero-order valence-corrected chi connectivity index (χ0v) is 13.4. The van der Waals surface area contributed by atoms with Crippen molar-refractivity contribution in [3.8, 4) is 11.5 Å². The zero-order valence-electron chi connectivity index (χ0n) is 13.4. The molecule has 0 radical (unpaired) electrons. The van der Waals surface area contributed by atoms with Crippen LogP contribution >= 0.6 is 0 Å². The SMILES string of the molecule is CCC(NCC1CCOCC1)c1ccc(OC)c(OC)c1. The molecule has 0 amide bonds. The van der Waals surface area contributed by atoms with E-state index in [0.29, 0.717) is 6.04 Å². The topological polar surface area (TPSA) is 39.7 Å². The molecule has 1 heterocycles. The number of ether oxygens (including phenoxy) is 3. The molecule has 1 aliphatic heterocycles. The maximum atomic E-state index is 5.42. The van der Waals surface area contributed by atoms with E-state index in [1.165, 1.54) is 5.56 Å². The van der Waals surface area contributed by atoms with Crippen molar-refractivity contribution in [3.05, 3.63) is 23.8 Å². The Labute approximate surface area is 127 Å². The lowest BCUT2D eigenvalue weighted by molar-refractivity contribution is 0.0654. The first-order valence-corrected chi connectivity index (χ1v) is 7.81. The van der Waals surface area contributed by atoms with Crippen molar-refractivity contribution >= 4 is 0 Å². The van der Waals surface area contributed by atoms with Crippen LogP contribution in [0, 0.1) is 5.92 Å². The second-order valence-corrected chi connectivity index (χ2v) is 5.54. The van der Waals surface area contributed by atoms with E-state index in [1.54, 1.807) is 14.2 Å². The summed E-state index contributed by atoms with van der Waals surface area (Å²) < 4.78 is 16.1. The molecule has 4 heteroatoms. The Morgan fingerprint density at radius 1 is 1.19 bits per heavy atom. The third-order valence-electron chi connectivity index (χ3n) is 4.21. The maximum absolute atomic E-state index is 5.42. The van der Waals surface area contributed by atoms with E-state index in [-0.39, 0.29) is 0 Å². The normalized spacial score (nSPS) is 17.5. The van der Waals surface area contributed by atoms with Gasteiger partial charge in [-0.15, -0.1) is 0 Å². The molecule has 1 aliphatic rings. The minimum Gasteiger partial charge on any atom is -0.493 e. The van der Waals surface area contributed by atoms with Gasteiger partial charge in [-0.25, -0.2) is 0 Å². The van der Waals surface area contributed by atoms with E-state index in [1.807, 2.05) is 6.07 Å². The van der Waals surface area contributed by atoms with Crippen molar-refractivity contribution in [3.63, 3.8) is 0 Å². The van der Waals surface area contributed by atoms with Crippen LogP contribution in [0.2, 0.25) is 0 Å². The van der Waals surface area contributed by atoms with Gasteiger partial charge in [0.2, 0.25) is 0 Å². The van der Waals surface area contributed by atoms with E-state index in [9.17, 15) is 0 Å². The van der Waals surface area contributed by atoms with Crippen molar-refractivity contribution in [2.75, 3.05) is 34.0 Å². The van der Waals surface area contributed by atoms with Gasteiger partial charge in [-0.2, -0.15) is 0 Å². The molecule has 2 rings (SSSR count). The lowest BCUT2D eigenvalue weighted by atomic mass is 9.98. The van der Waals surface area contributed by atoms with Crippen molar-refractivity contribution in [2.45, 2.75) is 32.2 Å². The highest BCUT2D eigenvalue weighted by molar-refractivity contribution is 5.43. The lowest BCUT2D eigenvalue weighted by Crippen LogP contribution is -2.30. The summed E-state index contributed by atoms with van der Waals surface area (Å²) in [5.74, 6) is 2.30. The van der Waals surface area contributed by atoms with Gasteiger partial charge >= 0.3 is 0 Å². The Hall–Kier alpha value is -1.26. The molecule has 1 aromatic rings. The fraction of sp³-hybridized carbons (Fsp3) is 0.647. The van der Waals surface area contributed by atoms with Gasteiger partial charge in [0.15, 0.2) is 11.5 Å². The molecule has 0 aliphatic carbocycles. The molecule has 1 atom stereocenters. The van der Waals surface area contributed by atoms with Crippen LogP contribution in [0.1, 0.15) is 37.8 Å². The summed E-state index contributed by atoms with van der Waals surface area (Å²) in [5, 5.41) is 3.69. The molecule has 1 fully saturated rings. The van der Waals surface area contributed by atoms with Crippen molar-refractivity contribution in [1.29, 1.82) is 0 Å². The van der Waals surface area contributed by atoms with Gasteiger partial charge in [-0.1, -0.05) is 13.0 Å². The van der Waals surface area contributed by atoms with E-state index >= 15 is 0 Å². The standard InChI is InChI=1S/C17H27NO3/c1-4-15(18-12-13-7-9-21-10-8-13)14-5-6-16(19-2)17(11-14)20-3/h5-6,11,13,15,18H,4,7-10,12H2,1-3H3. The van der Waals surface area contributed by atoms with Crippen molar-refractivity contribution < 1.29 is 14.2 Å². The summed E-state index contributed by atoms with van der Waals surface area (Å²) in [6, 6.07) is 6.52. The highest BCUT2D eigenvalue weighted by atomic mass is 16.5. The average Bonchev–Trinajstić information content (AvgIpc) is 2.56. The molecule has 0 saturated carbocycles. The molecule has 1 unspecified atom stereocenters. The van der Waals surface area contributed by atoms with Crippen LogP contribution in [0.3, 0.4) is 0 Å². The number of benzene rings is 1. The number of nitrogens with one attached hydrogen (secondary N) is 1. The summed E-state index contributed by atoms with van der Waals surface area (Å²) in [6.07, 6.45) is 3.38. The van der Waals surface area contributed by atoms with Gasteiger partial charge in [0, 0.05) is 19.3 Å². The fourth-order valence-electron chi connectivity index (χ4n) is 2.83. The van der Waals surface area contributed by atoms with Crippen LogP contribution < -0.4 is 14.8 Å². The third-order valence-corrected chi connectivity index (χ3v) is 4.21. The highest BCUT2D eigenvalue weighted by Gasteiger charge is 2.17. The molecule has 4 nitrogen and oxygen atoms in total. The highest BCUT2D eigenvalue weighted by Crippen LogP contribution is 2.31. The first-order chi connectivity index (χ1) is 10.3. The van der Waals surface area contributed by atoms with Crippen LogP contribution in [0.15, 0.2) is 18.2 Å². The van der Waals surface area contributed by atoms with Crippen LogP contribution in [0.4, 0.5) is 0 Å². The summed E-state index contributed by atoms with van der Waals surface area (Å²) in [7, 11) is 3.34. The molecule has 118 valence electrons. The molecule has 0 spiro atoms. The second-order valence-electron chi connectivity index (χ2n) is 5.54. The lowest BCUT2D eigenvalue weighted by Gasteiger charge is -2.26. The molecule has 0 bridgehead atoms. The molecular formula is C17H27NO3. The Morgan fingerprint density at radius 3 is 2.52 bits per heavy atom.